The van der Waals surface area contributed by atoms with E-state index >= 15 is 0 Å². The molecule has 1 aromatic heterocycles. The molecule has 16 heavy (non-hydrogen) atoms. The molecule has 0 radical (unpaired) electrons. The predicted octanol–water partition coefficient (Wildman–Crippen LogP) is 1.89. The molecule has 1 N–H and O–H groups in total. The fraction of sp³-hybridized carbons (Fsp3) is 0.444. The Morgan fingerprint density at radius 1 is 1.50 bits per heavy atom. The zero-order chi connectivity index (χ0) is 11.8. The van der Waals surface area contributed by atoms with Crippen LogP contribution in [0.25, 0.3) is 0 Å². The summed E-state index contributed by atoms with van der Waals surface area (Å²) in [7, 11) is -3.52. The summed E-state index contributed by atoms with van der Waals surface area (Å²) in [5, 5.41) is 0. The van der Waals surface area contributed by atoms with Crippen molar-refractivity contribution >= 4 is 37.6 Å². The Labute approximate surface area is 108 Å². The van der Waals surface area contributed by atoms with Gasteiger partial charge in [0, 0.05) is 28.3 Å². The Balaban J connectivity index is 2.26. The van der Waals surface area contributed by atoms with Crippen LogP contribution in [0, 0.1) is 0 Å². The van der Waals surface area contributed by atoms with Gasteiger partial charge in [-0.3, -0.25) is 4.98 Å². The monoisotopic (exact) mass is 324 g/mol. The van der Waals surface area contributed by atoms with Gasteiger partial charge in [0.05, 0.1) is 0 Å². The van der Waals surface area contributed by atoms with E-state index in [1.807, 2.05) is 0 Å². The van der Waals surface area contributed by atoms with Gasteiger partial charge in [-0.05, 0) is 34.8 Å². The van der Waals surface area contributed by atoms with Gasteiger partial charge in [0.15, 0.2) is 0 Å². The van der Waals surface area contributed by atoms with Crippen molar-refractivity contribution in [2.75, 3.05) is 5.88 Å². The Hall–Kier alpha value is -0.170. The van der Waals surface area contributed by atoms with Crippen molar-refractivity contribution in [3.05, 3.63) is 22.9 Å². The maximum atomic E-state index is 12.0. The molecule has 1 saturated carbocycles. The molecule has 1 aliphatic rings. The van der Waals surface area contributed by atoms with Crippen LogP contribution in [0.5, 0.6) is 0 Å². The standard InChI is InChI=1S/C9H10BrClN2O2S/c10-7-3-8(5-12-4-7)16(14,15)13-9(6-11)1-2-9/h3-5,13H,1-2,6H2. The summed E-state index contributed by atoms with van der Waals surface area (Å²) in [5.41, 5.74) is -0.442. The van der Waals surface area contributed by atoms with E-state index in [9.17, 15) is 8.42 Å². The van der Waals surface area contributed by atoms with E-state index in [0.29, 0.717) is 10.4 Å². The first kappa shape index (κ1) is 12.3. The van der Waals surface area contributed by atoms with E-state index < -0.39 is 15.6 Å². The molecule has 7 heteroatoms. The van der Waals surface area contributed by atoms with Gasteiger partial charge in [-0.1, -0.05) is 0 Å². The molecular weight excluding hydrogens is 316 g/mol. The van der Waals surface area contributed by atoms with Crippen molar-refractivity contribution in [1.29, 1.82) is 0 Å². The number of hydrogen-bond acceptors (Lipinski definition) is 3. The third-order valence-electron chi connectivity index (χ3n) is 2.45. The average Bonchev–Trinajstić information content (AvgIpc) is 2.98. The molecule has 1 aliphatic carbocycles. The van der Waals surface area contributed by atoms with E-state index in [1.54, 1.807) is 0 Å². The van der Waals surface area contributed by atoms with Crippen molar-refractivity contribution in [2.24, 2.45) is 0 Å². The molecular formula is C9H10BrClN2O2S. The first-order valence-corrected chi connectivity index (χ1v) is 7.49. The van der Waals surface area contributed by atoms with Gasteiger partial charge < -0.3 is 0 Å². The molecule has 1 heterocycles. The molecule has 0 atom stereocenters. The van der Waals surface area contributed by atoms with Crippen LogP contribution in [-0.4, -0.2) is 24.8 Å². The predicted molar refractivity (Wildman–Crippen MR) is 64.9 cm³/mol. The zero-order valence-electron chi connectivity index (χ0n) is 8.28. The van der Waals surface area contributed by atoms with Crippen LogP contribution in [0.2, 0.25) is 0 Å². The van der Waals surface area contributed by atoms with Gasteiger partial charge in [0.25, 0.3) is 0 Å². The molecule has 88 valence electrons. The highest BCUT2D eigenvalue weighted by Gasteiger charge is 2.45. The largest absolute Gasteiger partial charge is 0.262 e. The summed E-state index contributed by atoms with van der Waals surface area (Å²) in [4.78, 5) is 3.98. The Bertz CT molecular complexity index is 502. The maximum Gasteiger partial charge on any atom is 0.242 e. The maximum absolute atomic E-state index is 12.0. The number of aromatic nitrogens is 1. The van der Waals surface area contributed by atoms with E-state index in [4.69, 9.17) is 11.6 Å². The Morgan fingerprint density at radius 2 is 2.19 bits per heavy atom. The van der Waals surface area contributed by atoms with Gasteiger partial charge in [-0.25, -0.2) is 13.1 Å². The molecule has 0 aromatic carbocycles. The third-order valence-corrected chi connectivity index (χ3v) is 4.94. The Kier molecular flexibility index (Phi) is 3.27. The molecule has 0 unspecified atom stereocenters. The number of hydrogen-bond donors (Lipinski definition) is 1. The van der Waals surface area contributed by atoms with E-state index in [0.717, 1.165) is 12.8 Å². The second-order valence-electron chi connectivity index (χ2n) is 3.86. The quantitative estimate of drug-likeness (QED) is 0.860. The molecule has 0 saturated heterocycles. The SMILES string of the molecule is O=S(=O)(NC1(CCl)CC1)c1cncc(Br)c1. The van der Waals surface area contributed by atoms with Crippen LogP contribution in [0.3, 0.4) is 0 Å². The lowest BCUT2D eigenvalue weighted by Gasteiger charge is -2.14. The molecule has 0 spiro atoms. The summed E-state index contributed by atoms with van der Waals surface area (Å²) in [5.74, 6) is 0.299. The minimum Gasteiger partial charge on any atom is -0.262 e. The van der Waals surface area contributed by atoms with Gasteiger partial charge in [0.1, 0.15) is 4.90 Å². The van der Waals surface area contributed by atoms with Gasteiger partial charge >= 0.3 is 0 Å². The number of nitrogens with one attached hydrogen (secondary N) is 1. The van der Waals surface area contributed by atoms with Crippen LogP contribution >= 0.6 is 27.5 Å². The molecule has 0 bridgehead atoms. The second kappa shape index (κ2) is 4.25. The number of halogens is 2. The molecule has 4 nitrogen and oxygen atoms in total. The highest BCUT2D eigenvalue weighted by Crippen LogP contribution is 2.37. The lowest BCUT2D eigenvalue weighted by Crippen LogP contribution is -2.38. The van der Waals surface area contributed by atoms with Crippen molar-refractivity contribution in [3.63, 3.8) is 0 Å². The first-order valence-electron chi connectivity index (χ1n) is 4.68. The second-order valence-corrected chi connectivity index (χ2v) is 6.72. The van der Waals surface area contributed by atoms with E-state index in [-0.39, 0.29) is 4.90 Å². The highest BCUT2D eigenvalue weighted by atomic mass is 79.9. The normalized spacial score (nSPS) is 18.4. The Morgan fingerprint density at radius 3 is 2.69 bits per heavy atom. The summed E-state index contributed by atoms with van der Waals surface area (Å²) < 4.78 is 27.2. The number of rotatable bonds is 4. The van der Waals surface area contributed by atoms with Crippen molar-refractivity contribution in [1.82, 2.24) is 9.71 Å². The summed E-state index contributed by atoms with van der Waals surface area (Å²) in [6.07, 6.45) is 4.43. The highest BCUT2D eigenvalue weighted by molar-refractivity contribution is 9.10. The molecule has 1 aromatic rings. The molecule has 0 amide bonds. The van der Waals surface area contributed by atoms with E-state index in [1.165, 1.54) is 18.5 Å². The summed E-state index contributed by atoms with van der Waals surface area (Å²) >= 11 is 8.91. The molecule has 0 aliphatic heterocycles. The minimum atomic E-state index is -3.52. The summed E-state index contributed by atoms with van der Waals surface area (Å²) in [6.45, 7) is 0. The molecule has 2 rings (SSSR count). The first-order chi connectivity index (χ1) is 7.47. The smallest absolute Gasteiger partial charge is 0.242 e. The van der Waals surface area contributed by atoms with Gasteiger partial charge in [0.2, 0.25) is 10.0 Å². The topological polar surface area (TPSA) is 59.1 Å². The number of alkyl halides is 1. The van der Waals surface area contributed by atoms with Crippen LogP contribution in [0.15, 0.2) is 27.8 Å². The number of pyridine rings is 1. The van der Waals surface area contributed by atoms with Crippen LogP contribution in [0.4, 0.5) is 0 Å². The van der Waals surface area contributed by atoms with Gasteiger partial charge in [-0.15, -0.1) is 11.6 Å². The van der Waals surface area contributed by atoms with Crippen LogP contribution in [0.1, 0.15) is 12.8 Å². The van der Waals surface area contributed by atoms with E-state index in [2.05, 4.69) is 25.6 Å². The average molecular weight is 326 g/mol. The third kappa shape index (κ3) is 2.56. The summed E-state index contributed by atoms with van der Waals surface area (Å²) in [6, 6.07) is 1.51. The fourth-order valence-corrected chi connectivity index (χ4v) is 3.67. The van der Waals surface area contributed by atoms with Crippen LogP contribution in [-0.2, 0) is 10.0 Å². The van der Waals surface area contributed by atoms with Crippen LogP contribution < -0.4 is 4.72 Å². The lowest BCUT2D eigenvalue weighted by molar-refractivity contribution is 0.559. The number of nitrogens with zero attached hydrogens (tertiary/aromatic N) is 1. The van der Waals surface area contributed by atoms with Gasteiger partial charge in [-0.2, -0.15) is 0 Å². The van der Waals surface area contributed by atoms with Crippen molar-refractivity contribution < 1.29 is 8.42 Å². The molecule has 1 fully saturated rings. The zero-order valence-corrected chi connectivity index (χ0v) is 11.4. The number of sulfonamides is 1. The van der Waals surface area contributed by atoms with Crippen molar-refractivity contribution in [3.8, 4) is 0 Å². The minimum absolute atomic E-state index is 0.151. The fourth-order valence-electron chi connectivity index (χ4n) is 1.30. The van der Waals surface area contributed by atoms with Crippen molar-refractivity contribution in [2.45, 2.75) is 23.3 Å². The lowest BCUT2D eigenvalue weighted by atomic mass is 10.4.